The van der Waals surface area contributed by atoms with Gasteiger partial charge in [-0.3, -0.25) is 19.4 Å². The van der Waals surface area contributed by atoms with Crippen molar-refractivity contribution in [3.05, 3.63) is 106 Å². The second kappa shape index (κ2) is 10.0. The van der Waals surface area contributed by atoms with Gasteiger partial charge in [0.15, 0.2) is 0 Å². The first-order valence-corrected chi connectivity index (χ1v) is 10.7. The van der Waals surface area contributed by atoms with E-state index < -0.39 is 11.5 Å². The van der Waals surface area contributed by atoms with Crippen LogP contribution in [0, 0.1) is 6.92 Å². The molecule has 2 heterocycles. The van der Waals surface area contributed by atoms with Crippen LogP contribution < -0.4 is 21.3 Å². The van der Waals surface area contributed by atoms with Crippen molar-refractivity contribution in [3.63, 3.8) is 0 Å². The first-order chi connectivity index (χ1) is 16.9. The molecule has 0 saturated carbocycles. The van der Waals surface area contributed by atoms with E-state index in [0.29, 0.717) is 28.3 Å². The molecule has 0 bridgehead atoms. The van der Waals surface area contributed by atoms with Crippen LogP contribution in [-0.2, 0) is 6.54 Å². The highest BCUT2D eigenvalue weighted by Crippen LogP contribution is 2.24. The van der Waals surface area contributed by atoms with Gasteiger partial charge in [-0.05, 0) is 61.0 Å². The van der Waals surface area contributed by atoms with Gasteiger partial charge in [0.2, 0.25) is 0 Å². The fourth-order valence-corrected chi connectivity index (χ4v) is 3.62. The van der Waals surface area contributed by atoms with Crippen molar-refractivity contribution in [1.82, 2.24) is 14.8 Å². The lowest BCUT2D eigenvalue weighted by molar-refractivity contribution is 0.0996. The summed E-state index contributed by atoms with van der Waals surface area (Å²) in [7, 11) is 1.56. The number of ether oxygens (including phenoxy) is 1. The van der Waals surface area contributed by atoms with E-state index in [1.807, 2.05) is 0 Å². The molecular weight excluding hydrogens is 446 g/mol. The molecule has 0 spiro atoms. The van der Waals surface area contributed by atoms with Gasteiger partial charge in [0.05, 0.1) is 24.8 Å². The molecule has 9 heteroatoms. The molecule has 9 nitrogen and oxygen atoms in total. The lowest BCUT2D eigenvalue weighted by atomic mass is 10.0. The number of aromatic nitrogens is 3. The van der Waals surface area contributed by atoms with Crippen LogP contribution in [0.15, 0.2) is 77.9 Å². The van der Waals surface area contributed by atoms with Gasteiger partial charge < -0.3 is 15.8 Å². The van der Waals surface area contributed by atoms with Crippen LogP contribution >= 0.6 is 0 Å². The van der Waals surface area contributed by atoms with Crippen molar-refractivity contribution in [2.75, 3.05) is 12.4 Å². The summed E-state index contributed by atoms with van der Waals surface area (Å²) < 4.78 is 6.49. The van der Waals surface area contributed by atoms with Gasteiger partial charge in [0.25, 0.3) is 17.4 Å². The molecule has 0 saturated heterocycles. The van der Waals surface area contributed by atoms with Crippen LogP contribution in [0.5, 0.6) is 5.75 Å². The monoisotopic (exact) mass is 469 g/mol. The molecule has 35 heavy (non-hydrogen) atoms. The predicted molar refractivity (Wildman–Crippen MR) is 131 cm³/mol. The fraction of sp³-hybridized carbons (Fsp3) is 0.115. The Labute approximate surface area is 201 Å². The quantitative estimate of drug-likeness (QED) is 0.428. The average Bonchev–Trinajstić information content (AvgIpc) is 2.88. The highest BCUT2D eigenvalue weighted by atomic mass is 16.5. The van der Waals surface area contributed by atoms with Gasteiger partial charge in [0, 0.05) is 29.2 Å². The number of benzene rings is 2. The smallest absolute Gasteiger partial charge is 0.270 e. The van der Waals surface area contributed by atoms with Crippen LogP contribution in [0.3, 0.4) is 0 Å². The maximum absolute atomic E-state index is 13.0. The van der Waals surface area contributed by atoms with Crippen molar-refractivity contribution in [3.8, 4) is 17.0 Å². The van der Waals surface area contributed by atoms with Crippen LogP contribution in [0.25, 0.3) is 11.3 Å². The lowest BCUT2D eigenvalue weighted by Crippen LogP contribution is -2.30. The molecule has 0 unspecified atom stereocenters. The molecule has 0 fully saturated rings. The Morgan fingerprint density at radius 1 is 1.06 bits per heavy atom. The summed E-state index contributed by atoms with van der Waals surface area (Å²) in [5.41, 5.74) is 8.26. The first kappa shape index (κ1) is 23.4. The zero-order chi connectivity index (χ0) is 24.9. The first-order valence-electron chi connectivity index (χ1n) is 10.7. The number of methoxy groups -OCH3 is 1. The van der Waals surface area contributed by atoms with E-state index in [2.05, 4.69) is 15.4 Å². The summed E-state index contributed by atoms with van der Waals surface area (Å²) in [4.78, 5) is 41.4. The lowest BCUT2D eigenvalue weighted by Gasteiger charge is -2.14. The molecule has 0 aliphatic heterocycles. The van der Waals surface area contributed by atoms with E-state index >= 15 is 0 Å². The highest BCUT2D eigenvalue weighted by Gasteiger charge is 2.20. The number of nitrogens with two attached hydrogens (primary N) is 1. The second-order valence-corrected chi connectivity index (χ2v) is 7.80. The number of nitrogens with zero attached hydrogens (tertiary/aromatic N) is 3. The number of pyridine rings is 1. The normalized spacial score (nSPS) is 10.6. The van der Waals surface area contributed by atoms with Gasteiger partial charge in [-0.2, -0.15) is 5.10 Å². The molecule has 0 aliphatic rings. The van der Waals surface area contributed by atoms with E-state index in [1.54, 1.807) is 80.9 Å². The molecule has 4 rings (SSSR count). The Hall–Kier alpha value is -4.79. The second-order valence-electron chi connectivity index (χ2n) is 7.80. The number of nitrogens with one attached hydrogen (secondary N) is 1. The fourth-order valence-electron chi connectivity index (χ4n) is 3.62. The number of carbonyl (C=O) groups is 2. The Morgan fingerprint density at radius 3 is 2.37 bits per heavy atom. The Bertz CT molecular complexity index is 1430. The SMILES string of the molecule is COc1ccc(-c2nn(Cc3ccc(NC(=O)c4cccnc4)cc3)c(=O)c(C)c2C(N)=O)cc1. The molecule has 2 aromatic carbocycles. The third-order valence-corrected chi connectivity index (χ3v) is 5.47. The minimum atomic E-state index is -0.723. The summed E-state index contributed by atoms with van der Waals surface area (Å²) >= 11 is 0. The van der Waals surface area contributed by atoms with Crippen molar-refractivity contribution in [1.29, 1.82) is 0 Å². The van der Waals surface area contributed by atoms with E-state index in [1.165, 1.54) is 10.9 Å². The van der Waals surface area contributed by atoms with Crippen LogP contribution in [0.2, 0.25) is 0 Å². The minimum Gasteiger partial charge on any atom is -0.497 e. The Morgan fingerprint density at radius 2 is 1.77 bits per heavy atom. The van der Waals surface area contributed by atoms with E-state index in [0.717, 1.165) is 5.56 Å². The molecular formula is C26H23N5O4. The molecule has 4 aromatic rings. The summed E-state index contributed by atoms with van der Waals surface area (Å²) in [5.74, 6) is -0.348. The third kappa shape index (κ3) is 5.09. The van der Waals surface area contributed by atoms with Crippen molar-refractivity contribution >= 4 is 17.5 Å². The molecule has 2 amide bonds. The highest BCUT2D eigenvalue weighted by molar-refractivity contribution is 6.04. The molecule has 176 valence electrons. The topological polar surface area (TPSA) is 129 Å². The van der Waals surface area contributed by atoms with Crippen molar-refractivity contribution in [2.45, 2.75) is 13.5 Å². The van der Waals surface area contributed by atoms with Crippen LogP contribution in [0.1, 0.15) is 31.8 Å². The number of primary amides is 1. The predicted octanol–water partition coefficient (Wildman–Crippen LogP) is 3.02. The summed E-state index contributed by atoms with van der Waals surface area (Å²) in [6.45, 7) is 1.73. The van der Waals surface area contributed by atoms with Gasteiger partial charge in [0.1, 0.15) is 11.4 Å². The molecule has 2 aromatic heterocycles. The number of rotatable bonds is 7. The minimum absolute atomic E-state index is 0.0879. The molecule has 3 N–H and O–H groups in total. The molecule has 0 aliphatic carbocycles. The number of hydrogen-bond donors (Lipinski definition) is 2. The zero-order valence-corrected chi connectivity index (χ0v) is 19.2. The number of carbonyl (C=O) groups excluding carboxylic acids is 2. The average molecular weight is 470 g/mol. The Balaban J connectivity index is 1.62. The molecule has 0 radical (unpaired) electrons. The van der Waals surface area contributed by atoms with E-state index in [-0.39, 0.29) is 23.6 Å². The van der Waals surface area contributed by atoms with Gasteiger partial charge in [-0.1, -0.05) is 12.1 Å². The van der Waals surface area contributed by atoms with Gasteiger partial charge in [-0.15, -0.1) is 0 Å². The largest absolute Gasteiger partial charge is 0.497 e. The maximum Gasteiger partial charge on any atom is 0.270 e. The van der Waals surface area contributed by atoms with Crippen LogP contribution in [0.4, 0.5) is 5.69 Å². The van der Waals surface area contributed by atoms with E-state index in [4.69, 9.17) is 10.5 Å². The molecule has 0 atom stereocenters. The summed E-state index contributed by atoms with van der Waals surface area (Å²) in [6.07, 6.45) is 3.08. The van der Waals surface area contributed by atoms with Crippen LogP contribution in [-0.4, -0.2) is 33.7 Å². The van der Waals surface area contributed by atoms with E-state index in [9.17, 15) is 14.4 Å². The maximum atomic E-state index is 13.0. The van der Waals surface area contributed by atoms with Gasteiger partial charge >= 0.3 is 0 Å². The zero-order valence-electron chi connectivity index (χ0n) is 19.2. The number of hydrogen-bond acceptors (Lipinski definition) is 6. The Kier molecular flexibility index (Phi) is 6.68. The summed E-state index contributed by atoms with van der Waals surface area (Å²) in [6, 6.07) is 17.4. The third-order valence-electron chi connectivity index (χ3n) is 5.47. The number of anilines is 1. The number of amides is 2. The standard InChI is InChI=1S/C26H23N5O4/c1-16-22(24(27)32)23(18-7-11-21(35-2)12-8-18)30-31(26(16)34)15-17-5-9-20(10-6-17)29-25(33)19-4-3-13-28-14-19/h3-14H,15H2,1-2H3,(H2,27,32)(H,29,33). The van der Waals surface area contributed by atoms with Crippen molar-refractivity contribution < 1.29 is 14.3 Å². The van der Waals surface area contributed by atoms with Crippen molar-refractivity contribution in [2.24, 2.45) is 5.73 Å². The summed E-state index contributed by atoms with van der Waals surface area (Å²) in [5, 5.41) is 7.28. The van der Waals surface area contributed by atoms with Gasteiger partial charge in [-0.25, -0.2) is 4.68 Å².